The van der Waals surface area contributed by atoms with E-state index in [9.17, 15) is 9.90 Å². The monoisotopic (exact) mass is 367 g/mol. The summed E-state index contributed by atoms with van der Waals surface area (Å²) in [7, 11) is 0. The summed E-state index contributed by atoms with van der Waals surface area (Å²) in [4.78, 5) is 11.5. The van der Waals surface area contributed by atoms with Gasteiger partial charge in [0.1, 0.15) is 5.75 Å². The quantitative estimate of drug-likeness (QED) is 0.284. The van der Waals surface area contributed by atoms with E-state index >= 15 is 0 Å². The number of hydrogen-bond donors (Lipinski definition) is 3. The molecule has 0 aliphatic carbocycles. The molecule has 0 radical (unpaired) electrons. The molecule has 0 unspecified atom stereocenters. The van der Waals surface area contributed by atoms with Crippen molar-refractivity contribution in [3.8, 4) is 5.75 Å². The van der Waals surface area contributed by atoms with Crippen molar-refractivity contribution >= 4 is 39.7 Å². The SMILES string of the molecule is CC(=NNC(=S)Nc1ccc(C)cc1)c1c(O)ccc2ccc(=O)oc12. The van der Waals surface area contributed by atoms with Crippen molar-refractivity contribution in [2.45, 2.75) is 13.8 Å². The highest BCUT2D eigenvalue weighted by Crippen LogP contribution is 2.26. The number of benzene rings is 2. The molecule has 0 saturated heterocycles. The maximum Gasteiger partial charge on any atom is 0.336 e. The van der Waals surface area contributed by atoms with Crippen molar-refractivity contribution in [3.05, 3.63) is 70.1 Å². The van der Waals surface area contributed by atoms with Crippen LogP contribution in [0.15, 0.2) is 62.8 Å². The number of fused-ring (bicyclic) bond motifs is 1. The molecular formula is C19H17N3O3S. The molecule has 7 heteroatoms. The molecule has 0 atom stereocenters. The van der Waals surface area contributed by atoms with Crippen LogP contribution >= 0.6 is 12.2 Å². The summed E-state index contributed by atoms with van der Waals surface area (Å²) in [6.07, 6.45) is 0. The lowest BCUT2D eigenvalue weighted by molar-refractivity contribution is 0.471. The van der Waals surface area contributed by atoms with Gasteiger partial charge in [0.15, 0.2) is 10.7 Å². The van der Waals surface area contributed by atoms with Crippen molar-refractivity contribution in [1.29, 1.82) is 0 Å². The fourth-order valence-corrected chi connectivity index (χ4v) is 2.62. The minimum atomic E-state index is -0.498. The lowest BCUT2D eigenvalue weighted by Crippen LogP contribution is -2.25. The molecule has 0 fully saturated rings. The van der Waals surface area contributed by atoms with Crippen LogP contribution in [-0.2, 0) is 0 Å². The van der Waals surface area contributed by atoms with Crippen LogP contribution in [0.5, 0.6) is 5.75 Å². The third kappa shape index (κ3) is 3.89. The number of aromatic hydroxyl groups is 1. The fraction of sp³-hybridized carbons (Fsp3) is 0.105. The molecule has 0 saturated carbocycles. The summed E-state index contributed by atoms with van der Waals surface area (Å²) in [5.41, 5.74) is 5.25. The van der Waals surface area contributed by atoms with E-state index in [2.05, 4.69) is 15.8 Å². The lowest BCUT2D eigenvalue weighted by Gasteiger charge is -2.10. The van der Waals surface area contributed by atoms with Crippen LogP contribution in [0.3, 0.4) is 0 Å². The Bertz CT molecular complexity index is 1060. The highest BCUT2D eigenvalue weighted by Gasteiger charge is 2.13. The van der Waals surface area contributed by atoms with Crippen molar-refractivity contribution in [1.82, 2.24) is 5.43 Å². The van der Waals surface area contributed by atoms with Crippen LogP contribution in [0.1, 0.15) is 18.1 Å². The van der Waals surface area contributed by atoms with Gasteiger partial charge in [-0.05, 0) is 56.4 Å². The predicted octanol–water partition coefficient (Wildman–Crippen LogP) is 3.52. The number of aryl methyl sites for hydroxylation is 1. The number of thiocarbonyl (C=S) groups is 1. The van der Waals surface area contributed by atoms with E-state index in [1.165, 1.54) is 12.1 Å². The zero-order valence-corrected chi connectivity index (χ0v) is 15.1. The summed E-state index contributed by atoms with van der Waals surface area (Å²) in [5, 5.41) is 18.4. The van der Waals surface area contributed by atoms with Crippen LogP contribution in [-0.4, -0.2) is 15.9 Å². The molecule has 1 heterocycles. The summed E-state index contributed by atoms with van der Waals surface area (Å²) in [6, 6.07) is 13.9. The van der Waals surface area contributed by atoms with Gasteiger partial charge in [0.25, 0.3) is 0 Å². The first-order chi connectivity index (χ1) is 12.4. The van der Waals surface area contributed by atoms with Gasteiger partial charge < -0.3 is 14.8 Å². The van der Waals surface area contributed by atoms with Gasteiger partial charge in [0.2, 0.25) is 0 Å². The minimum Gasteiger partial charge on any atom is -0.507 e. The summed E-state index contributed by atoms with van der Waals surface area (Å²) < 4.78 is 5.24. The van der Waals surface area contributed by atoms with Crippen LogP contribution in [0, 0.1) is 6.92 Å². The first-order valence-electron chi connectivity index (χ1n) is 7.88. The Morgan fingerprint density at radius 2 is 1.81 bits per heavy atom. The second-order valence-electron chi connectivity index (χ2n) is 5.76. The normalized spacial score (nSPS) is 11.4. The maximum atomic E-state index is 11.5. The molecule has 3 N–H and O–H groups in total. The Labute approximate surface area is 155 Å². The highest BCUT2D eigenvalue weighted by molar-refractivity contribution is 7.80. The first kappa shape index (κ1) is 17.6. The maximum absolute atomic E-state index is 11.5. The molecule has 6 nitrogen and oxygen atoms in total. The van der Waals surface area contributed by atoms with Gasteiger partial charge in [-0.1, -0.05) is 17.7 Å². The Morgan fingerprint density at radius 3 is 2.54 bits per heavy atom. The Hall–Kier alpha value is -3.19. The predicted molar refractivity (Wildman–Crippen MR) is 107 cm³/mol. The Morgan fingerprint density at radius 1 is 1.12 bits per heavy atom. The molecule has 0 spiro atoms. The summed E-state index contributed by atoms with van der Waals surface area (Å²) >= 11 is 5.22. The van der Waals surface area contributed by atoms with E-state index < -0.39 is 5.63 Å². The number of phenolic OH excluding ortho intramolecular Hbond substituents is 1. The smallest absolute Gasteiger partial charge is 0.336 e. The zero-order chi connectivity index (χ0) is 18.7. The lowest BCUT2D eigenvalue weighted by atomic mass is 10.1. The molecule has 1 aromatic heterocycles. The van der Waals surface area contributed by atoms with Gasteiger partial charge in [-0.3, -0.25) is 5.43 Å². The van der Waals surface area contributed by atoms with E-state index in [1.54, 1.807) is 19.1 Å². The molecule has 132 valence electrons. The van der Waals surface area contributed by atoms with Gasteiger partial charge in [0.05, 0.1) is 11.3 Å². The molecule has 0 aliphatic rings. The molecule has 2 aromatic carbocycles. The van der Waals surface area contributed by atoms with Crippen LogP contribution < -0.4 is 16.4 Å². The summed E-state index contributed by atoms with van der Waals surface area (Å²) in [6.45, 7) is 3.69. The van der Waals surface area contributed by atoms with E-state index in [0.717, 1.165) is 11.3 Å². The second kappa shape index (κ2) is 7.37. The number of anilines is 1. The number of nitrogens with zero attached hydrogens (tertiary/aromatic N) is 1. The second-order valence-corrected chi connectivity index (χ2v) is 6.17. The summed E-state index contributed by atoms with van der Waals surface area (Å²) in [5.74, 6) is -0.0349. The number of hydrazone groups is 1. The fourth-order valence-electron chi connectivity index (χ4n) is 2.46. The number of nitrogens with one attached hydrogen (secondary N) is 2. The minimum absolute atomic E-state index is 0.0349. The van der Waals surface area contributed by atoms with Gasteiger partial charge >= 0.3 is 5.63 Å². The first-order valence-corrected chi connectivity index (χ1v) is 8.29. The highest BCUT2D eigenvalue weighted by atomic mass is 32.1. The van der Waals surface area contributed by atoms with Crippen molar-refractivity contribution in [2.24, 2.45) is 5.10 Å². The Balaban J connectivity index is 1.83. The molecular weight excluding hydrogens is 350 g/mol. The van der Waals surface area contributed by atoms with Gasteiger partial charge in [-0.2, -0.15) is 5.10 Å². The van der Waals surface area contributed by atoms with E-state index in [4.69, 9.17) is 16.6 Å². The average Bonchev–Trinajstić information content (AvgIpc) is 2.61. The van der Waals surface area contributed by atoms with Gasteiger partial charge in [-0.15, -0.1) is 0 Å². The van der Waals surface area contributed by atoms with E-state index in [-0.39, 0.29) is 11.3 Å². The van der Waals surface area contributed by atoms with Crippen LogP contribution in [0.4, 0.5) is 5.69 Å². The van der Waals surface area contributed by atoms with Crippen molar-refractivity contribution in [2.75, 3.05) is 5.32 Å². The zero-order valence-electron chi connectivity index (χ0n) is 14.2. The largest absolute Gasteiger partial charge is 0.507 e. The molecule has 26 heavy (non-hydrogen) atoms. The van der Waals surface area contributed by atoms with Crippen molar-refractivity contribution < 1.29 is 9.52 Å². The van der Waals surface area contributed by atoms with Crippen LogP contribution in [0.25, 0.3) is 11.0 Å². The standard InChI is InChI=1S/C19H17N3O3S/c1-11-3-7-14(8-4-11)20-19(26)22-21-12(2)17-15(23)9-5-13-6-10-16(24)25-18(13)17/h3-10,23H,1-2H3,(H2,20,22,26). The number of phenols is 1. The average molecular weight is 367 g/mol. The van der Waals surface area contributed by atoms with Gasteiger partial charge in [0, 0.05) is 17.1 Å². The van der Waals surface area contributed by atoms with E-state index in [1.807, 2.05) is 31.2 Å². The third-order valence-corrected chi connectivity index (χ3v) is 3.96. The molecule has 3 aromatic rings. The topological polar surface area (TPSA) is 86.9 Å². The Kier molecular flexibility index (Phi) is 4.99. The molecule has 0 aliphatic heterocycles. The van der Waals surface area contributed by atoms with Crippen molar-refractivity contribution in [3.63, 3.8) is 0 Å². The van der Waals surface area contributed by atoms with Crippen LogP contribution in [0.2, 0.25) is 0 Å². The molecule has 0 bridgehead atoms. The molecule has 0 amide bonds. The van der Waals surface area contributed by atoms with Gasteiger partial charge in [-0.25, -0.2) is 4.79 Å². The van der Waals surface area contributed by atoms with E-state index in [0.29, 0.717) is 21.8 Å². The number of hydrogen-bond acceptors (Lipinski definition) is 5. The molecule has 3 rings (SSSR count). The number of rotatable bonds is 3. The third-order valence-electron chi connectivity index (χ3n) is 3.76.